The lowest BCUT2D eigenvalue weighted by molar-refractivity contribution is -0.961. The monoisotopic (exact) mass is 718 g/mol. The van der Waals surface area contributed by atoms with Crippen LogP contribution in [0.15, 0.2) is 84.9 Å². The third kappa shape index (κ3) is 8.92. The van der Waals surface area contributed by atoms with Crippen molar-refractivity contribution in [2.24, 2.45) is 11.7 Å². The fourth-order valence-corrected chi connectivity index (χ4v) is 8.05. The number of piperidine rings is 2. The number of primary amides is 1. The van der Waals surface area contributed by atoms with Gasteiger partial charge in [0.15, 0.2) is 6.54 Å². The molecule has 3 aromatic carbocycles. The fraction of sp³-hybridized carbons (Fsp3) is 0.474. The first-order chi connectivity index (χ1) is 22.1. The number of hydrogen-bond acceptors (Lipinski definition) is 5. The summed E-state index contributed by atoms with van der Waals surface area (Å²) in [6.07, 6.45) is 4.09. The molecule has 2 heterocycles. The Labute approximate surface area is 303 Å². The van der Waals surface area contributed by atoms with Gasteiger partial charge in [0.1, 0.15) is 6.17 Å². The van der Waals surface area contributed by atoms with E-state index in [4.69, 9.17) is 22.1 Å². The van der Waals surface area contributed by atoms with E-state index >= 15 is 0 Å². The van der Waals surface area contributed by atoms with Crippen LogP contribution in [-0.4, -0.2) is 71.9 Å². The molecule has 3 aromatic rings. The number of hydrogen-bond donors (Lipinski definition) is 2. The molecule has 5 rings (SSSR count). The van der Waals surface area contributed by atoms with Crippen molar-refractivity contribution in [3.05, 3.63) is 107 Å². The fourth-order valence-electron chi connectivity index (χ4n) is 7.92. The van der Waals surface area contributed by atoms with Crippen LogP contribution in [0.25, 0.3) is 0 Å². The Morgan fingerprint density at radius 1 is 0.958 bits per heavy atom. The number of amides is 1. The van der Waals surface area contributed by atoms with Crippen LogP contribution in [0, 0.1) is 5.92 Å². The summed E-state index contributed by atoms with van der Waals surface area (Å²) >= 11 is 6.16. The van der Waals surface area contributed by atoms with Gasteiger partial charge in [0.2, 0.25) is 5.91 Å². The van der Waals surface area contributed by atoms with E-state index in [1.165, 1.54) is 11.1 Å². The molecule has 3 N–H and O–H groups in total. The van der Waals surface area contributed by atoms with Crippen LogP contribution in [-0.2, 0) is 25.3 Å². The van der Waals surface area contributed by atoms with Gasteiger partial charge in [-0.05, 0) is 55.0 Å². The Balaban J connectivity index is 0.00000312. The number of carbonyl (C=O) groups is 2. The number of likely N-dealkylation sites (tertiary alicyclic amines) is 2. The Bertz CT molecular complexity index is 1400. The predicted octanol–water partition coefficient (Wildman–Crippen LogP) is 6.85. The van der Waals surface area contributed by atoms with Gasteiger partial charge < -0.3 is 15.6 Å². The summed E-state index contributed by atoms with van der Waals surface area (Å²) in [6, 6.07) is 28.8. The van der Waals surface area contributed by atoms with Crippen molar-refractivity contribution in [2.45, 2.75) is 69.6 Å². The smallest absolute Gasteiger partial charge is 0.361 e. The maximum absolute atomic E-state index is 13.3. The van der Waals surface area contributed by atoms with E-state index in [2.05, 4.69) is 72.5 Å². The van der Waals surface area contributed by atoms with Crippen molar-refractivity contribution >= 4 is 48.3 Å². The zero-order valence-corrected chi connectivity index (χ0v) is 30.5. The Morgan fingerprint density at radius 2 is 1.48 bits per heavy atom. The topological polar surface area (TPSA) is 92.9 Å². The average Bonchev–Trinajstić information content (AvgIpc) is 3.07. The lowest BCUT2D eigenvalue weighted by Gasteiger charge is -2.53. The van der Waals surface area contributed by atoms with Gasteiger partial charge in [-0.1, -0.05) is 91.3 Å². The molecule has 48 heavy (non-hydrogen) atoms. The molecule has 0 bridgehead atoms. The summed E-state index contributed by atoms with van der Waals surface area (Å²) in [6.45, 7) is 7.43. The molecule has 1 unspecified atom stereocenters. The molecule has 0 saturated carbocycles. The van der Waals surface area contributed by atoms with E-state index in [1.807, 2.05) is 31.2 Å². The van der Waals surface area contributed by atoms with Gasteiger partial charge in [-0.15, -0.1) is 24.8 Å². The van der Waals surface area contributed by atoms with E-state index in [1.54, 1.807) is 0 Å². The number of esters is 1. The van der Waals surface area contributed by atoms with Gasteiger partial charge in [0.05, 0.1) is 25.3 Å². The minimum atomic E-state index is -0.945. The number of aliphatic hydroxyl groups is 1. The lowest BCUT2D eigenvalue weighted by Crippen LogP contribution is -2.68. The minimum absolute atomic E-state index is 0. The summed E-state index contributed by atoms with van der Waals surface area (Å²) in [5.41, 5.74) is 7.95. The van der Waals surface area contributed by atoms with Crippen molar-refractivity contribution in [3.63, 3.8) is 0 Å². The van der Waals surface area contributed by atoms with Gasteiger partial charge in [-0.25, -0.2) is 4.79 Å². The van der Waals surface area contributed by atoms with Crippen LogP contribution >= 0.6 is 36.4 Å². The molecule has 1 amide bonds. The van der Waals surface area contributed by atoms with Crippen LogP contribution in [0.2, 0.25) is 5.02 Å². The zero-order valence-electron chi connectivity index (χ0n) is 28.1. The van der Waals surface area contributed by atoms with E-state index in [0.717, 1.165) is 18.4 Å². The maximum atomic E-state index is 13.3. The highest BCUT2D eigenvalue weighted by Crippen LogP contribution is 2.42. The van der Waals surface area contributed by atoms with Gasteiger partial charge in [0, 0.05) is 48.7 Å². The maximum Gasteiger partial charge on any atom is 0.361 e. The predicted molar refractivity (Wildman–Crippen MR) is 196 cm³/mol. The number of rotatable bonds is 12. The molecule has 1 atom stereocenters. The second-order valence-corrected chi connectivity index (χ2v) is 13.9. The molecule has 0 aromatic heterocycles. The Hall–Kier alpha value is -2.65. The number of nitrogens with two attached hydrogens (primary N) is 1. The van der Waals surface area contributed by atoms with Crippen molar-refractivity contribution < 1.29 is 23.9 Å². The van der Waals surface area contributed by atoms with E-state index in [-0.39, 0.29) is 60.7 Å². The third-order valence-corrected chi connectivity index (χ3v) is 11.0. The largest absolute Gasteiger partial charge is 0.462 e. The summed E-state index contributed by atoms with van der Waals surface area (Å²) in [5.74, 6) is -0.671. The number of carbonyl (C=O) groups excluding carboxylic acids is 2. The second kappa shape index (κ2) is 17.3. The van der Waals surface area contributed by atoms with Crippen LogP contribution < -0.4 is 5.73 Å². The third-order valence-electron chi connectivity index (χ3n) is 10.8. The van der Waals surface area contributed by atoms with E-state index < -0.39 is 5.60 Å². The highest BCUT2D eigenvalue weighted by molar-refractivity contribution is 6.30. The van der Waals surface area contributed by atoms with E-state index in [0.29, 0.717) is 68.0 Å². The molecule has 0 spiro atoms. The number of quaternary nitrogens is 1. The van der Waals surface area contributed by atoms with Crippen molar-refractivity contribution in [3.8, 4) is 0 Å². The molecule has 2 fully saturated rings. The molecule has 0 aliphatic carbocycles. The summed E-state index contributed by atoms with van der Waals surface area (Å²) in [4.78, 5) is 28.0. The van der Waals surface area contributed by atoms with Gasteiger partial charge in [0.25, 0.3) is 0 Å². The first kappa shape index (κ1) is 39.8. The highest BCUT2D eigenvalue weighted by atomic mass is 35.5. The average molecular weight is 720 g/mol. The van der Waals surface area contributed by atoms with Gasteiger partial charge in [-0.3, -0.25) is 14.2 Å². The Morgan fingerprint density at radius 3 is 1.96 bits per heavy atom. The molecule has 0 radical (unpaired) electrons. The SMILES string of the molecule is CCOC(=O)C[N+]1(C(CCC(C)(c2ccccc2)c2ccccc2)N2CCC(O)(c3ccc(Cl)cc3)CC2)CCC(C(N)=O)CC1.Cl.Cl. The van der Waals surface area contributed by atoms with Crippen molar-refractivity contribution in [2.75, 3.05) is 39.3 Å². The first-order valence-electron chi connectivity index (χ1n) is 16.7. The molecular formula is C38H51Cl3N3O4+. The Kier molecular flexibility index (Phi) is 14.4. The van der Waals surface area contributed by atoms with Gasteiger partial charge in [-0.2, -0.15) is 0 Å². The molecule has 2 aliphatic heterocycles. The number of benzene rings is 3. The van der Waals surface area contributed by atoms with Crippen LogP contribution in [0.1, 0.15) is 69.1 Å². The molecule has 2 saturated heterocycles. The molecule has 10 heteroatoms. The normalized spacial score (nSPS) is 21.6. The van der Waals surface area contributed by atoms with E-state index in [9.17, 15) is 14.7 Å². The summed E-state index contributed by atoms with van der Waals surface area (Å²) < 4.78 is 6.08. The first-order valence-corrected chi connectivity index (χ1v) is 17.1. The lowest BCUT2D eigenvalue weighted by atomic mass is 9.72. The van der Waals surface area contributed by atoms with Gasteiger partial charge >= 0.3 is 5.97 Å². The minimum Gasteiger partial charge on any atom is -0.462 e. The molecule has 262 valence electrons. The quantitative estimate of drug-likeness (QED) is 0.158. The number of halogens is 3. The second-order valence-electron chi connectivity index (χ2n) is 13.5. The highest BCUT2D eigenvalue weighted by Gasteiger charge is 2.49. The molecule has 7 nitrogen and oxygen atoms in total. The standard InChI is InChI=1S/C38H48ClN3O4.2ClH/c1-3-46-35(43)28-42(26-19-29(20-27-42)36(40)44)34(41-24-22-38(45,23-25-41)32-14-16-33(39)17-15-32)18-21-37(2,30-10-6-4-7-11-30)31-12-8-5-9-13-31;;/h4-17,29,34,45H,3,18-28H2,1-2H3,(H-,40,44);2*1H/p+1. The molecular weight excluding hydrogens is 669 g/mol. The summed E-state index contributed by atoms with van der Waals surface area (Å²) in [5, 5.41) is 12.4. The number of nitrogens with zero attached hydrogens (tertiary/aromatic N) is 2. The van der Waals surface area contributed by atoms with Crippen LogP contribution in [0.4, 0.5) is 0 Å². The summed E-state index contributed by atoms with van der Waals surface area (Å²) in [7, 11) is 0. The zero-order chi connectivity index (χ0) is 32.8. The van der Waals surface area contributed by atoms with Crippen molar-refractivity contribution in [1.29, 1.82) is 0 Å². The molecule has 2 aliphatic rings. The van der Waals surface area contributed by atoms with Crippen LogP contribution in [0.5, 0.6) is 0 Å². The van der Waals surface area contributed by atoms with Crippen molar-refractivity contribution in [1.82, 2.24) is 4.90 Å². The van der Waals surface area contributed by atoms with Crippen LogP contribution in [0.3, 0.4) is 0 Å². The number of ether oxygens (including phenoxy) is 1.